The number of nitrogens with one attached hydrogen (secondary N) is 3. The number of rotatable bonds is 6. The van der Waals surface area contributed by atoms with Crippen LogP contribution in [0.1, 0.15) is 21.6 Å². The topological polar surface area (TPSA) is 126 Å². The third-order valence-corrected chi connectivity index (χ3v) is 5.61. The lowest BCUT2D eigenvalue weighted by Gasteiger charge is -2.15. The molecule has 1 aromatic carbocycles. The van der Waals surface area contributed by atoms with Gasteiger partial charge < -0.3 is 10.1 Å². The summed E-state index contributed by atoms with van der Waals surface area (Å²) in [6, 6.07) is 8.03. The third kappa shape index (κ3) is 4.49. The number of ether oxygens (including phenoxy) is 1. The van der Waals surface area contributed by atoms with Crippen LogP contribution in [0.5, 0.6) is 5.88 Å². The van der Waals surface area contributed by atoms with Gasteiger partial charge in [0.1, 0.15) is 5.69 Å². The molecule has 0 saturated heterocycles. The van der Waals surface area contributed by atoms with Crippen LogP contribution < -0.4 is 14.8 Å². The zero-order valence-electron chi connectivity index (χ0n) is 15.8. The van der Waals surface area contributed by atoms with Gasteiger partial charge in [-0.15, -0.1) is 0 Å². The number of H-pyrrole nitrogens is 1. The van der Waals surface area contributed by atoms with E-state index in [1.165, 1.54) is 25.4 Å². The summed E-state index contributed by atoms with van der Waals surface area (Å²) < 4.78 is 33.7. The number of sulfonamides is 1. The molecule has 3 N–H and O–H groups in total. The highest BCUT2D eigenvalue weighted by molar-refractivity contribution is 7.92. The quantitative estimate of drug-likeness (QED) is 0.546. The van der Waals surface area contributed by atoms with Crippen molar-refractivity contribution in [1.82, 2.24) is 15.2 Å². The zero-order chi connectivity index (χ0) is 21.2. The molecule has 1 amide bonds. The molecule has 0 fully saturated rings. The minimum Gasteiger partial charge on any atom is -0.480 e. The minimum absolute atomic E-state index is 0.105. The van der Waals surface area contributed by atoms with Crippen molar-refractivity contribution in [3.63, 3.8) is 0 Å². The minimum atomic E-state index is -4.05. The number of aryl methyl sites for hydroxylation is 2. The fourth-order valence-electron chi connectivity index (χ4n) is 2.62. The number of hydrogen-bond acceptors (Lipinski definition) is 6. The van der Waals surface area contributed by atoms with E-state index < -0.39 is 15.9 Å². The van der Waals surface area contributed by atoms with Gasteiger partial charge in [0.25, 0.3) is 15.9 Å². The summed E-state index contributed by atoms with van der Waals surface area (Å²) in [5, 5.41) is 8.80. The highest BCUT2D eigenvalue weighted by atomic mass is 35.5. The number of nitrogens with zero attached hydrogens (tertiary/aromatic N) is 2. The lowest BCUT2D eigenvalue weighted by Crippen LogP contribution is -2.18. The molecule has 3 aromatic rings. The van der Waals surface area contributed by atoms with Crippen molar-refractivity contribution in [1.29, 1.82) is 0 Å². The van der Waals surface area contributed by atoms with Gasteiger partial charge in [0.05, 0.1) is 24.7 Å². The van der Waals surface area contributed by atoms with Crippen LogP contribution in [-0.4, -0.2) is 36.6 Å². The van der Waals surface area contributed by atoms with E-state index >= 15 is 0 Å². The largest absolute Gasteiger partial charge is 0.480 e. The first kappa shape index (κ1) is 20.6. The second-order valence-electron chi connectivity index (χ2n) is 6.16. The molecular weight excluding hydrogens is 418 g/mol. The number of pyridine rings is 1. The van der Waals surface area contributed by atoms with E-state index in [-0.39, 0.29) is 27.3 Å². The van der Waals surface area contributed by atoms with Crippen LogP contribution in [0.4, 0.5) is 11.4 Å². The highest BCUT2D eigenvalue weighted by Crippen LogP contribution is 2.29. The van der Waals surface area contributed by atoms with Crippen molar-refractivity contribution in [3.8, 4) is 5.88 Å². The van der Waals surface area contributed by atoms with Gasteiger partial charge in [-0.05, 0) is 31.0 Å². The van der Waals surface area contributed by atoms with Crippen LogP contribution in [-0.2, 0) is 10.0 Å². The first-order valence-corrected chi connectivity index (χ1v) is 10.2. The van der Waals surface area contributed by atoms with Crippen LogP contribution in [0.3, 0.4) is 0 Å². The Balaban J connectivity index is 1.95. The maximum absolute atomic E-state index is 13.0. The number of benzene rings is 1. The molecule has 0 aliphatic rings. The molecule has 0 bridgehead atoms. The Morgan fingerprint density at radius 2 is 1.90 bits per heavy atom. The molecule has 0 aliphatic carbocycles. The van der Waals surface area contributed by atoms with Gasteiger partial charge in [-0.3, -0.25) is 14.6 Å². The van der Waals surface area contributed by atoms with Crippen LogP contribution in [0.2, 0.25) is 5.15 Å². The van der Waals surface area contributed by atoms with E-state index in [2.05, 4.69) is 25.2 Å². The summed E-state index contributed by atoms with van der Waals surface area (Å²) >= 11 is 5.70. The van der Waals surface area contributed by atoms with Crippen LogP contribution in [0.25, 0.3) is 0 Å². The number of aromatic amines is 1. The summed E-state index contributed by atoms with van der Waals surface area (Å²) in [6.45, 7) is 3.60. The van der Waals surface area contributed by atoms with Gasteiger partial charge in [-0.1, -0.05) is 29.8 Å². The smallest absolute Gasteiger partial charge is 0.273 e. The first-order chi connectivity index (χ1) is 13.7. The zero-order valence-corrected chi connectivity index (χ0v) is 17.4. The molecule has 2 heterocycles. The van der Waals surface area contributed by atoms with Gasteiger partial charge >= 0.3 is 0 Å². The lowest BCUT2D eigenvalue weighted by atomic mass is 10.1. The Morgan fingerprint density at radius 3 is 2.48 bits per heavy atom. The normalized spacial score (nSPS) is 11.2. The van der Waals surface area contributed by atoms with E-state index in [0.29, 0.717) is 5.69 Å². The van der Waals surface area contributed by atoms with Crippen LogP contribution >= 0.6 is 11.6 Å². The number of hydrogen-bond donors (Lipinski definition) is 3. The van der Waals surface area contributed by atoms with Crippen molar-refractivity contribution >= 4 is 38.9 Å². The fourth-order valence-corrected chi connectivity index (χ4v) is 4.12. The fraction of sp³-hybridized carbons (Fsp3) is 0.167. The Bertz CT molecular complexity index is 1160. The Morgan fingerprint density at radius 1 is 1.21 bits per heavy atom. The lowest BCUT2D eigenvalue weighted by molar-refractivity contribution is 0.102. The van der Waals surface area contributed by atoms with E-state index in [9.17, 15) is 13.2 Å². The van der Waals surface area contributed by atoms with Crippen molar-refractivity contribution < 1.29 is 17.9 Å². The molecule has 0 unspecified atom stereocenters. The van der Waals surface area contributed by atoms with Crippen LogP contribution in [0.15, 0.2) is 41.4 Å². The third-order valence-electron chi connectivity index (χ3n) is 4.07. The van der Waals surface area contributed by atoms with Gasteiger partial charge in [0, 0.05) is 6.07 Å². The number of anilines is 2. The maximum Gasteiger partial charge on any atom is 0.273 e. The molecule has 0 radical (unpaired) electrons. The van der Waals surface area contributed by atoms with Gasteiger partial charge in [0.2, 0.25) is 5.88 Å². The summed E-state index contributed by atoms with van der Waals surface area (Å²) in [4.78, 5) is 16.0. The van der Waals surface area contributed by atoms with Crippen molar-refractivity contribution in [2.75, 3.05) is 17.1 Å². The van der Waals surface area contributed by atoms with Gasteiger partial charge in [-0.2, -0.15) is 5.10 Å². The average Bonchev–Trinajstić information content (AvgIpc) is 3.11. The Kier molecular flexibility index (Phi) is 5.76. The second-order valence-corrected chi connectivity index (χ2v) is 8.20. The molecule has 2 aromatic heterocycles. The summed E-state index contributed by atoms with van der Waals surface area (Å²) in [5.41, 5.74) is 2.27. The van der Waals surface area contributed by atoms with E-state index in [1.54, 1.807) is 26.0 Å². The molecular formula is C18H18ClN5O4S. The molecule has 0 atom stereocenters. The molecule has 0 saturated carbocycles. The van der Waals surface area contributed by atoms with Crippen molar-refractivity contribution in [3.05, 3.63) is 58.5 Å². The number of amides is 1. The maximum atomic E-state index is 13.0. The molecule has 9 nitrogen and oxygen atoms in total. The van der Waals surface area contributed by atoms with E-state index in [0.717, 1.165) is 11.1 Å². The summed E-state index contributed by atoms with van der Waals surface area (Å²) in [6.07, 6.45) is 1.28. The summed E-state index contributed by atoms with van der Waals surface area (Å²) in [7, 11) is -2.74. The number of halogens is 1. The SMILES string of the molecule is COc1ncc(NC(=O)c2cc(Cl)n[nH]2)cc1S(=O)(=O)Nc1c(C)cccc1C. The number of carbonyl (C=O) groups is 1. The second kappa shape index (κ2) is 8.10. The molecule has 11 heteroatoms. The number of aromatic nitrogens is 3. The standard InChI is InChI=1S/C18H18ClN5O4S/c1-10-5-4-6-11(2)16(10)24-29(26,27)14-7-12(9-20-18(14)28-3)21-17(25)13-8-15(19)23-22-13/h4-9,24H,1-3H3,(H,21,25)(H,22,23). The van der Waals surface area contributed by atoms with Gasteiger partial charge in [0.15, 0.2) is 10.0 Å². The predicted octanol–water partition coefficient (Wildman–Crippen LogP) is 3.14. The highest BCUT2D eigenvalue weighted by Gasteiger charge is 2.23. The molecule has 152 valence electrons. The molecule has 3 rings (SSSR count). The predicted molar refractivity (Wildman–Crippen MR) is 109 cm³/mol. The van der Waals surface area contributed by atoms with E-state index in [1.807, 2.05) is 6.07 Å². The van der Waals surface area contributed by atoms with Crippen LogP contribution in [0, 0.1) is 13.8 Å². The van der Waals surface area contributed by atoms with E-state index in [4.69, 9.17) is 16.3 Å². The van der Waals surface area contributed by atoms with Gasteiger partial charge in [-0.25, -0.2) is 13.4 Å². The number of methoxy groups -OCH3 is 1. The average molecular weight is 436 g/mol. The number of para-hydroxylation sites is 1. The monoisotopic (exact) mass is 435 g/mol. The Hall–Kier alpha value is -3.11. The molecule has 0 spiro atoms. The Labute approximate surface area is 172 Å². The summed E-state index contributed by atoms with van der Waals surface area (Å²) in [5.74, 6) is -0.659. The van der Waals surface area contributed by atoms with Crippen molar-refractivity contribution in [2.45, 2.75) is 18.7 Å². The first-order valence-electron chi connectivity index (χ1n) is 8.36. The molecule has 0 aliphatic heterocycles. The number of carbonyl (C=O) groups excluding carboxylic acids is 1. The molecule has 29 heavy (non-hydrogen) atoms. The van der Waals surface area contributed by atoms with Crippen molar-refractivity contribution in [2.24, 2.45) is 0 Å².